The Morgan fingerprint density at radius 3 is 2.35 bits per heavy atom. The van der Waals surface area contributed by atoms with Gasteiger partial charge in [-0.15, -0.1) is 0 Å². The number of amides is 2. The molecule has 0 spiro atoms. The lowest BCUT2D eigenvalue weighted by Gasteiger charge is -2.09. The van der Waals surface area contributed by atoms with Gasteiger partial charge in [-0.25, -0.2) is 4.79 Å². The zero-order chi connectivity index (χ0) is 16.7. The number of nitrogens with one attached hydrogen (secondary N) is 2. The van der Waals surface area contributed by atoms with Gasteiger partial charge in [0.15, 0.2) is 5.78 Å². The van der Waals surface area contributed by atoms with Gasteiger partial charge >= 0.3 is 6.03 Å². The highest BCUT2D eigenvalue weighted by Crippen LogP contribution is 2.17. The van der Waals surface area contributed by atoms with E-state index in [1.54, 1.807) is 36.4 Å². The Bertz CT molecular complexity index is 681. The Morgan fingerprint density at radius 1 is 1.00 bits per heavy atom. The summed E-state index contributed by atoms with van der Waals surface area (Å²) in [5.74, 6) is 0.726. The third-order valence-corrected chi connectivity index (χ3v) is 3.11. The second-order valence-corrected chi connectivity index (χ2v) is 5.09. The molecule has 0 aliphatic carbocycles. The largest absolute Gasteiger partial charge is 0.494 e. The van der Waals surface area contributed by atoms with Gasteiger partial charge < -0.3 is 15.4 Å². The average molecular weight is 312 g/mol. The second-order valence-electron chi connectivity index (χ2n) is 5.09. The average Bonchev–Trinajstić information content (AvgIpc) is 2.54. The van der Waals surface area contributed by atoms with Crippen LogP contribution in [0.1, 0.15) is 30.6 Å². The molecule has 5 nitrogen and oxygen atoms in total. The molecule has 0 aromatic heterocycles. The first-order valence-corrected chi connectivity index (χ1v) is 7.50. The molecule has 0 atom stereocenters. The van der Waals surface area contributed by atoms with Crippen molar-refractivity contribution in [1.29, 1.82) is 0 Å². The molecule has 2 aromatic carbocycles. The number of urea groups is 1. The van der Waals surface area contributed by atoms with Gasteiger partial charge in [-0.05, 0) is 49.7 Å². The van der Waals surface area contributed by atoms with E-state index in [2.05, 4.69) is 10.6 Å². The number of hydrogen-bond donors (Lipinski definition) is 2. The Kier molecular flexibility index (Phi) is 5.74. The topological polar surface area (TPSA) is 67.4 Å². The van der Waals surface area contributed by atoms with Crippen LogP contribution >= 0.6 is 0 Å². The van der Waals surface area contributed by atoms with Gasteiger partial charge in [0.25, 0.3) is 0 Å². The Morgan fingerprint density at radius 2 is 1.70 bits per heavy atom. The molecule has 2 amide bonds. The Labute approximate surface area is 135 Å². The van der Waals surface area contributed by atoms with E-state index >= 15 is 0 Å². The Hall–Kier alpha value is -2.82. The van der Waals surface area contributed by atoms with E-state index < -0.39 is 0 Å². The van der Waals surface area contributed by atoms with Crippen LogP contribution in [0.2, 0.25) is 0 Å². The third kappa shape index (κ3) is 5.14. The minimum absolute atomic E-state index is 0.0447. The van der Waals surface area contributed by atoms with E-state index in [0.717, 1.165) is 12.2 Å². The lowest BCUT2D eigenvalue weighted by Crippen LogP contribution is -2.19. The molecule has 0 saturated heterocycles. The standard InChI is InChI=1S/C18H20N2O3/c1-3-11-23-17-9-7-15(8-10-17)19-18(22)20-16-6-4-5-14(12-16)13(2)21/h4-10,12H,3,11H2,1-2H3,(H2,19,20,22). The van der Waals surface area contributed by atoms with Crippen molar-refractivity contribution in [3.63, 3.8) is 0 Å². The normalized spacial score (nSPS) is 10.0. The number of carbonyl (C=O) groups excluding carboxylic acids is 2. The fraction of sp³-hybridized carbons (Fsp3) is 0.222. The van der Waals surface area contributed by atoms with Crippen LogP contribution in [0.15, 0.2) is 48.5 Å². The van der Waals surface area contributed by atoms with Gasteiger partial charge in [0.05, 0.1) is 6.61 Å². The predicted molar refractivity (Wildman–Crippen MR) is 91.3 cm³/mol. The summed E-state index contributed by atoms with van der Waals surface area (Å²) in [6.45, 7) is 4.20. The number of ether oxygens (including phenoxy) is 1. The molecule has 0 aliphatic heterocycles. The molecule has 0 unspecified atom stereocenters. The van der Waals surface area contributed by atoms with Crippen molar-refractivity contribution in [3.8, 4) is 5.75 Å². The van der Waals surface area contributed by atoms with Gasteiger partial charge in [0.1, 0.15) is 5.75 Å². The molecule has 0 heterocycles. The smallest absolute Gasteiger partial charge is 0.323 e. The monoisotopic (exact) mass is 312 g/mol. The van der Waals surface area contributed by atoms with Crippen LogP contribution in [0, 0.1) is 0 Å². The molecular weight excluding hydrogens is 292 g/mol. The van der Waals surface area contributed by atoms with Crippen molar-refractivity contribution >= 4 is 23.2 Å². The minimum atomic E-state index is -0.368. The summed E-state index contributed by atoms with van der Waals surface area (Å²) in [5.41, 5.74) is 1.78. The molecule has 0 fully saturated rings. The van der Waals surface area contributed by atoms with Gasteiger partial charge in [-0.3, -0.25) is 4.79 Å². The number of carbonyl (C=O) groups is 2. The van der Waals surface area contributed by atoms with E-state index in [1.807, 2.05) is 19.1 Å². The van der Waals surface area contributed by atoms with E-state index in [1.165, 1.54) is 6.92 Å². The highest BCUT2D eigenvalue weighted by molar-refractivity contribution is 6.01. The molecule has 23 heavy (non-hydrogen) atoms. The van der Waals surface area contributed by atoms with Gasteiger partial charge in [0.2, 0.25) is 0 Å². The molecule has 5 heteroatoms. The molecule has 0 bridgehead atoms. The summed E-state index contributed by atoms with van der Waals surface area (Å²) in [5, 5.41) is 5.43. The maximum absolute atomic E-state index is 12.0. The lowest BCUT2D eigenvalue weighted by atomic mass is 10.1. The maximum atomic E-state index is 12.0. The maximum Gasteiger partial charge on any atom is 0.323 e. The number of benzene rings is 2. The van der Waals surface area contributed by atoms with E-state index in [4.69, 9.17) is 4.74 Å². The number of ketones is 1. The van der Waals surface area contributed by atoms with Crippen LogP contribution in [0.5, 0.6) is 5.75 Å². The van der Waals surface area contributed by atoms with Crippen molar-refractivity contribution in [3.05, 3.63) is 54.1 Å². The molecule has 0 radical (unpaired) electrons. The van der Waals surface area contributed by atoms with E-state index in [0.29, 0.717) is 23.5 Å². The zero-order valence-electron chi connectivity index (χ0n) is 13.3. The number of anilines is 2. The first-order valence-electron chi connectivity index (χ1n) is 7.50. The summed E-state index contributed by atoms with van der Waals surface area (Å²) in [4.78, 5) is 23.3. The molecule has 0 saturated carbocycles. The molecule has 2 aromatic rings. The first kappa shape index (κ1) is 16.5. The van der Waals surface area contributed by atoms with E-state index in [-0.39, 0.29) is 11.8 Å². The predicted octanol–water partition coefficient (Wildman–Crippen LogP) is 4.32. The van der Waals surface area contributed by atoms with Gasteiger partial charge in [-0.1, -0.05) is 19.1 Å². The van der Waals surface area contributed by atoms with Crippen molar-refractivity contribution < 1.29 is 14.3 Å². The van der Waals surface area contributed by atoms with Crippen LogP contribution in [-0.4, -0.2) is 18.4 Å². The van der Waals surface area contributed by atoms with Gasteiger partial charge in [-0.2, -0.15) is 0 Å². The minimum Gasteiger partial charge on any atom is -0.494 e. The summed E-state index contributed by atoms with van der Waals surface area (Å²) in [7, 11) is 0. The zero-order valence-corrected chi connectivity index (χ0v) is 13.3. The summed E-state index contributed by atoms with van der Waals surface area (Å²) in [6.07, 6.45) is 0.946. The van der Waals surface area contributed by atoms with Crippen molar-refractivity contribution in [1.82, 2.24) is 0 Å². The van der Waals surface area contributed by atoms with Crippen LogP contribution in [0.3, 0.4) is 0 Å². The van der Waals surface area contributed by atoms with Crippen molar-refractivity contribution in [2.75, 3.05) is 17.2 Å². The summed E-state index contributed by atoms with van der Waals surface area (Å²) in [6, 6.07) is 13.6. The van der Waals surface area contributed by atoms with Crippen LogP contribution in [0.25, 0.3) is 0 Å². The molecule has 0 aliphatic rings. The third-order valence-electron chi connectivity index (χ3n) is 3.11. The number of Topliss-reactive ketones (excluding diaryl/α,β-unsaturated/α-hetero) is 1. The second kappa shape index (κ2) is 7.98. The SMILES string of the molecule is CCCOc1ccc(NC(=O)Nc2cccc(C(C)=O)c2)cc1. The number of hydrogen-bond acceptors (Lipinski definition) is 3. The summed E-state index contributed by atoms with van der Waals surface area (Å²) >= 11 is 0. The van der Waals surface area contributed by atoms with Crippen LogP contribution in [-0.2, 0) is 0 Å². The highest BCUT2D eigenvalue weighted by atomic mass is 16.5. The van der Waals surface area contributed by atoms with E-state index in [9.17, 15) is 9.59 Å². The Balaban J connectivity index is 1.94. The van der Waals surface area contributed by atoms with Crippen LogP contribution in [0.4, 0.5) is 16.2 Å². The van der Waals surface area contributed by atoms with Gasteiger partial charge in [0, 0.05) is 16.9 Å². The molecule has 2 N–H and O–H groups in total. The fourth-order valence-corrected chi connectivity index (χ4v) is 1.96. The molecule has 120 valence electrons. The van der Waals surface area contributed by atoms with Crippen molar-refractivity contribution in [2.24, 2.45) is 0 Å². The molecule has 2 rings (SSSR count). The number of rotatable bonds is 6. The molecular formula is C18H20N2O3. The lowest BCUT2D eigenvalue weighted by molar-refractivity contribution is 0.101. The highest BCUT2D eigenvalue weighted by Gasteiger charge is 2.05. The fourth-order valence-electron chi connectivity index (χ4n) is 1.96. The quantitative estimate of drug-likeness (QED) is 0.780. The van der Waals surface area contributed by atoms with Crippen LogP contribution < -0.4 is 15.4 Å². The first-order chi connectivity index (χ1) is 11.1. The summed E-state index contributed by atoms with van der Waals surface area (Å²) < 4.78 is 5.49. The van der Waals surface area contributed by atoms with Crippen molar-refractivity contribution in [2.45, 2.75) is 20.3 Å².